The van der Waals surface area contributed by atoms with Crippen molar-refractivity contribution in [1.29, 1.82) is 0 Å². The lowest BCUT2D eigenvalue weighted by atomic mass is 10.0. The monoisotopic (exact) mass is 631 g/mol. The van der Waals surface area contributed by atoms with Crippen LogP contribution in [0.3, 0.4) is 0 Å². The highest BCUT2D eigenvalue weighted by molar-refractivity contribution is 7.92. The zero-order valence-electron chi connectivity index (χ0n) is 24.9. The van der Waals surface area contributed by atoms with Crippen molar-refractivity contribution in [2.24, 2.45) is 0 Å². The number of hydrogen-bond donors (Lipinski definition) is 1. The highest BCUT2D eigenvalue weighted by Gasteiger charge is 2.33. The van der Waals surface area contributed by atoms with Gasteiger partial charge in [-0.2, -0.15) is 0 Å². The molecule has 2 amide bonds. The Morgan fingerprint density at radius 1 is 0.881 bits per heavy atom. The molecule has 1 N–H and O–H groups in total. The van der Waals surface area contributed by atoms with Gasteiger partial charge in [0.1, 0.15) is 12.6 Å². The average Bonchev–Trinajstić information content (AvgIpc) is 2.96. The standard InChI is InChI=1S/C32H39Cl2N3O4S/c1-7-23(5)35-32(39)24(6)36(19-25-10-17-29(33)30(34)18-25)31(38)20-37(27-13-11-26(12-14-27)21(2)3)42(40,41)28-15-8-22(4)9-16-28/h8-18,21,23-24H,7,19-20H2,1-6H3,(H,35,39)/t23-,24+/m0/s1. The lowest BCUT2D eigenvalue weighted by Gasteiger charge is -2.32. The normalized spacial score (nSPS) is 13.0. The first-order valence-electron chi connectivity index (χ1n) is 14.0. The van der Waals surface area contributed by atoms with Crippen LogP contribution in [0.1, 0.15) is 63.6 Å². The summed E-state index contributed by atoms with van der Waals surface area (Å²) in [5.74, 6) is -0.641. The first-order valence-corrected chi connectivity index (χ1v) is 16.2. The van der Waals surface area contributed by atoms with Gasteiger partial charge in [0.15, 0.2) is 0 Å². The second-order valence-corrected chi connectivity index (χ2v) is 13.5. The molecule has 0 aliphatic heterocycles. The molecule has 0 spiro atoms. The summed E-state index contributed by atoms with van der Waals surface area (Å²) < 4.78 is 29.1. The lowest BCUT2D eigenvalue weighted by Crippen LogP contribution is -2.52. The quantitative estimate of drug-likeness (QED) is 0.234. The zero-order chi connectivity index (χ0) is 31.2. The van der Waals surface area contributed by atoms with Crippen LogP contribution >= 0.6 is 23.2 Å². The second-order valence-electron chi connectivity index (χ2n) is 10.8. The van der Waals surface area contributed by atoms with Crippen LogP contribution < -0.4 is 9.62 Å². The summed E-state index contributed by atoms with van der Waals surface area (Å²) in [5.41, 5.74) is 2.94. The summed E-state index contributed by atoms with van der Waals surface area (Å²) in [6.07, 6.45) is 0.716. The van der Waals surface area contributed by atoms with E-state index in [0.29, 0.717) is 27.7 Å². The van der Waals surface area contributed by atoms with E-state index >= 15 is 0 Å². The summed E-state index contributed by atoms with van der Waals surface area (Å²) in [6.45, 7) is 10.9. The number of amides is 2. The number of hydrogen-bond acceptors (Lipinski definition) is 4. The van der Waals surface area contributed by atoms with Gasteiger partial charge in [-0.05, 0) is 80.6 Å². The Balaban J connectivity index is 2.05. The molecule has 10 heteroatoms. The number of carbonyl (C=O) groups is 2. The van der Waals surface area contributed by atoms with E-state index < -0.39 is 28.5 Å². The minimum Gasteiger partial charge on any atom is -0.352 e. The summed E-state index contributed by atoms with van der Waals surface area (Å²) >= 11 is 12.3. The van der Waals surface area contributed by atoms with Crippen molar-refractivity contribution in [3.05, 3.63) is 93.5 Å². The number of sulfonamides is 1. The third-order valence-electron chi connectivity index (χ3n) is 7.24. The van der Waals surface area contributed by atoms with Gasteiger partial charge in [0.05, 0.1) is 20.6 Å². The summed E-state index contributed by atoms with van der Waals surface area (Å²) in [6, 6.07) is 17.6. The van der Waals surface area contributed by atoms with Crippen LogP contribution in [0.15, 0.2) is 71.6 Å². The highest BCUT2D eigenvalue weighted by Crippen LogP contribution is 2.28. The summed E-state index contributed by atoms with van der Waals surface area (Å²) in [7, 11) is -4.14. The van der Waals surface area contributed by atoms with E-state index in [-0.39, 0.29) is 29.3 Å². The molecule has 2 atom stereocenters. The van der Waals surface area contributed by atoms with Gasteiger partial charge in [-0.1, -0.05) is 79.9 Å². The predicted molar refractivity (Wildman–Crippen MR) is 171 cm³/mol. The van der Waals surface area contributed by atoms with Crippen molar-refractivity contribution in [3.8, 4) is 0 Å². The third-order valence-corrected chi connectivity index (χ3v) is 9.77. The summed E-state index contributed by atoms with van der Waals surface area (Å²) in [5, 5.41) is 3.60. The van der Waals surface area contributed by atoms with Crippen LogP contribution in [-0.2, 0) is 26.2 Å². The molecule has 0 bridgehead atoms. The Morgan fingerprint density at radius 2 is 1.50 bits per heavy atom. The maximum absolute atomic E-state index is 14.1. The van der Waals surface area contributed by atoms with E-state index in [1.165, 1.54) is 17.0 Å². The first kappa shape index (κ1) is 33.4. The average molecular weight is 633 g/mol. The Hall–Kier alpha value is -3.07. The molecule has 0 aromatic heterocycles. The van der Waals surface area contributed by atoms with Crippen molar-refractivity contribution in [1.82, 2.24) is 10.2 Å². The Bertz CT molecular complexity index is 1490. The van der Waals surface area contributed by atoms with Crippen molar-refractivity contribution >= 4 is 50.7 Å². The molecule has 0 radical (unpaired) electrons. The van der Waals surface area contributed by atoms with Gasteiger partial charge in [0.2, 0.25) is 11.8 Å². The Labute approximate surface area is 259 Å². The molecule has 0 aliphatic rings. The molecular weight excluding hydrogens is 593 g/mol. The molecular formula is C32H39Cl2N3O4S. The summed E-state index contributed by atoms with van der Waals surface area (Å²) in [4.78, 5) is 28.7. The van der Waals surface area contributed by atoms with Crippen LogP contribution in [-0.4, -0.2) is 43.8 Å². The molecule has 0 heterocycles. The molecule has 42 heavy (non-hydrogen) atoms. The number of halogens is 2. The van der Waals surface area contributed by atoms with Crippen LogP contribution in [0.2, 0.25) is 10.0 Å². The third kappa shape index (κ3) is 8.27. The van der Waals surface area contributed by atoms with E-state index in [4.69, 9.17) is 23.2 Å². The van der Waals surface area contributed by atoms with Gasteiger partial charge in [-0.15, -0.1) is 0 Å². The van der Waals surface area contributed by atoms with Gasteiger partial charge >= 0.3 is 0 Å². The minimum atomic E-state index is -4.14. The van der Waals surface area contributed by atoms with Crippen molar-refractivity contribution in [3.63, 3.8) is 0 Å². The van der Waals surface area contributed by atoms with E-state index in [1.807, 2.05) is 46.8 Å². The fourth-order valence-electron chi connectivity index (χ4n) is 4.27. The number of anilines is 1. The molecule has 226 valence electrons. The van der Waals surface area contributed by atoms with Gasteiger partial charge < -0.3 is 10.2 Å². The number of benzene rings is 3. The topological polar surface area (TPSA) is 86.8 Å². The molecule has 0 fully saturated rings. The fraction of sp³-hybridized carbons (Fsp3) is 0.375. The van der Waals surface area contributed by atoms with Gasteiger partial charge in [0, 0.05) is 12.6 Å². The molecule has 0 saturated carbocycles. The van der Waals surface area contributed by atoms with Gasteiger partial charge in [-0.3, -0.25) is 13.9 Å². The second kappa shape index (κ2) is 14.4. The Kier molecular flexibility index (Phi) is 11.5. The van der Waals surface area contributed by atoms with Crippen LogP contribution in [0.5, 0.6) is 0 Å². The molecule has 3 aromatic rings. The van der Waals surface area contributed by atoms with Gasteiger partial charge in [-0.25, -0.2) is 8.42 Å². The smallest absolute Gasteiger partial charge is 0.264 e. The number of carbonyl (C=O) groups excluding carboxylic acids is 2. The number of nitrogens with one attached hydrogen (secondary N) is 1. The molecule has 0 unspecified atom stereocenters. The minimum absolute atomic E-state index is 0.0233. The molecule has 3 rings (SSSR count). The van der Waals surface area contributed by atoms with Crippen LogP contribution in [0.25, 0.3) is 0 Å². The number of rotatable bonds is 12. The molecule has 7 nitrogen and oxygen atoms in total. The van der Waals surface area contributed by atoms with Crippen LogP contribution in [0, 0.1) is 6.92 Å². The molecule has 3 aromatic carbocycles. The predicted octanol–water partition coefficient (Wildman–Crippen LogP) is 6.95. The van der Waals surface area contributed by atoms with Crippen molar-refractivity contribution in [2.45, 2.75) is 77.4 Å². The molecule has 0 aliphatic carbocycles. The fourth-order valence-corrected chi connectivity index (χ4v) is 6.01. The largest absolute Gasteiger partial charge is 0.352 e. The maximum atomic E-state index is 14.1. The lowest BCUT2D eigenvalue weighted by molar-refractivity contribution is -0.139. The van der Waals surface area contributed by atoms with Crippen LogP contribution in [0.4, 0.5) is 5.69 Å². The SMILES string of the molecule is CC[C@H](C)NC(=O)[C@@H](C)N(Cc1ccc(Cl)c(Cl)c1)C(=O)CN(c1ccc(C(C)C)cc1)S(=O)(=O)c1ccc(C)cc1. The van der Waals surface area contributed by atoms with E-state index in [2.05, 4.69) is 5.32 Å². The van der Waals surface area contributed by atoms with Crippen molar-refractivity contribution in [2.75, 3.05) is 10.8 Å². The first-order chi connectivity index (χ1) is 19.7. The highest BCUT2D eigenvalue weighted by atomic mass is 35.5. The maximum Gasteiger partial charge on any atom is 0.264 e. The Morgan fingerprint density at radius 3 is 2.05 bits per heavy atom. The van der Waals surface area contributed by atoms with Crippen molar-refractivity contribution < 1.29 is 18.0 Å². The van der Waals surface area contributed by atoms with E-state index in [0.717, 1.165) is 15.4 Å². The van der Waals surface area contributed by atoms with E-state index in [1.54, 1.807) is 49.4 Å². The number of aryl methyl sites for hydroxylation is 1. The number of nitrogens with zero attached hydrogens (tertiary/aromatic N) is 2. The molecule has 0 saturated heterocycles. The zero-order valence-corrected chi connectivity index (χ0v) is 27.2. The van der Waals surface area contributed by atoms with E-state index in [9.17, 15) is 18.0 Å². The van der Waals surface area contributed by atoms with Gasteiger partial charge in [0.25, 0.3) is 10.0 Å².